The lowest BCUT2D eigenvalue weighted by molar-refractivity contribution is 0.0569. The predicted octanol–water partition coefficient (Wildman–Crippen LogP) is 2.37. The molecule has 23 heavy (non-hydrogen) atoms. The Balaban J connectivity index is 1.43. The van der Waals surface area contributed by atoms with Gasteiger partial charge in [0, 0.05) is 36.6 Å². The average molecular weight is 306 g/mol. The number of carbonyl (C=O) groups is 1. The molecule has 3 aromatic rings. The Kier molecular flexibility index (Phi) is 3.34. The Morgan fingerprint density at radius 2 is 1.96 bits per heavy atom. The summed E-state index contributed by atoms with van der Waals surface area (Å²) in [4.78, 5) is 22.5. The number of amides is 1. The molecular weight excluding hydrogens is 292 g/mol. The van der Waals surface area contributed by atoms with Gasteiger partial charge < -0.3 is 9.42 Å². The highest BCUT2D eigenvalue weighted by Gasteiger charge is 2.36. The Morgan fingerprint density at radius 3 is 2.70 bits per heavy atom. The molecule has 0 unspecified atom stereocenters. The zero-order valence-electron chi connectivity index (χ0n) is 12.3. The number of rotatable bonds is 3. The summed E-state index contributed by atoms with van der Waals surface area (Å²) in [5.41, 5.74) is 1.52. The van der Waals surface area contributed by atoms with Crippen molar-refractivity contribution in [2.75, 3.05) is 13.1 Å². The van der Waals surface area contributed by atoms with Crippen molar-refractivity contribution in [3.8, 4) is 11.4 Å². The third kappa shape index (κ3) is 2.59. The van der Waals surface area contributed by atoms with Crippen LogP contribution in [0.1, 0.15) is 22.2 Å². The first kappa shape index (κ1) is 13.6. The van der Waals surface area contributed by atoms with E-state index in [1.165, 1.54) is 0 Å². The number of likely N-dealkylation sites (tertiary alicyclic amines) is 1. The topological polar surface area (TPSA) is 72.1 Å². The van der Waals surface area contributed by atoms with E-state index in [0.29, 0.717) is 30.4 Å². The van der Waals surface area contributed by atoms with Crippen molar-refractivity contribution < 1.29 is 9.32 Å². The Bertz CT molecular complexity index is 811. The van der Waals surface area contributed by atoms with E-state index in [9.17, 15) is 4.79 Å². The molecule has 0 radical (unpaired) electrons. The van der Waals surface area contributed by atoms with E-state index in [1.807, 2.05) is 42.5 Å². The van der Waals surface area contributed by atoms with Gasteiger partial charge in [-0.3, -0.25) is 9.78 Å². The summed E-state index contributed by atoms with van der Waals surface area (Å²) in [5, 5.41) is 3.99. The van der Waals surface area contributed by atoms with Crippen molar-refractivity contribution in [1.29, 1.82) is 0 Å². The summed E-state index contributed by atoms with van der Waals surface area (Å²) in [6.45, 7) is 1.20. The first-order chi connectivity index (χ1) is 11.3. The molecular formula is C17H14N4O2. The van der Waals surface area contributed by atoms with Crippen LogP contribution in [0.15, 0.2) is 59.4 Å². The second-order valence-electron chi connectivity index (χ2n) is 5.47. The van der Waals surface area contributed by atoms with Crippen LogP contribution in [0, 0.1) is 0 Å². The zero-order chi connectivity index (χ0) is 15.6. The van der Waals surface area contributed by atoms with Crippen LogP contribution >= 0.6 is 0 Å². The van der Waals surface area contributed by atoms with Crippen LogP contribution in [0.5, 0.6) is 0 Å². The molecule has 0 N–H and O–H groups in total. The summed E-state index contributed by atoms with van der Waals surface area (Å²) in [6.07, 6.45) is 3.39. The first-order valence-corrected chi connectivity index (χ1v) is 7.39. The molecule has 6 heteroatoms. The van der Waals surface area contributed by atoms with Gasteiger partial charge in [0.1, 0.15) is 0 Å². The van der Waals surface area contributed by atoms with Crippen LogP contribution in [0.4, 0.5) is 0 Å². The maximum absolute atomic E-state index is 12.3. The van der Waals surface area contributed by atoms with Crippen molar-refractivity contribution in [3.05, 3.63) is 66.3 Å². The molecule has 1 saturated heterocycles. The normalized spacial score (nSPS) is 14.5. The summed E-state index contributed by atoms with van der Waals surface area (Å²) in [7, 11) is 0. The molecule has 0 spiro atoms. The monoisotopic (exact) mass is 306 g/mol. The van der Waals surface area contributed by atoms with Crippen molar-refractivity contribution in [2.45, 2.75) is 5.92 Å². The lowest BCUT2D eigenvalue weighted by Gasteiger charge is -2.37. The zero-order valence-corrected chi connectivity index (χ0v) is 12.3. The second-order valence-corrected chi connectivity index (χ2v) is 5.47. The molecule has 1 amide bonds. The van der Waals surface area contributed by atoms with Gasteiger partial charge in [-0.2, -0.15) is 4.98 Å². The van der Waals surface area contributed by atoms with Crippen LogP contribution in [-0.2, 0) is 0 Å². The van der Waals surface area contributed by atoms with Gasteiger partial charge in [-0.25, -0.2) is 0 Å². The molecule has 0 aliphatic carbocycles. The van der Waals surface area contributed by atoms with Gasteiger partial charge in [0.15, 0.2) is 0 Å². The standard InChI is InChI=1S/C17H14N4O2/c22-17(12-5-2-1-3-6-12)21-10-14(11-21)16-19-15(20-23-16)13-7-4-8-18-9-13/h1-9,14H,10-11H2. The van der Waals surface area contributed by atoms with Crippen LogP contribution in [0.2, 0.25) is 0 Å². The van der Waals surface area contributed by atoms with E-state index >= 15 is 0 Å². The number of aromatic nitrogens is 3. The molecule has 1 aliphatic heterocycles. The highest BCUT2D eigenvalue weighted by Crippen LogP contribution is 2.28. The smallest absolute Gasteiger partial charge is 0.253 e. The van der Waals surface area contributed by atoms with Gasteiger partial charge in [0.25, 0.3) is 5.91 Å². The quantitative estimate of drug-likeness (QED) is 0.743. The van der Waals surface area contributed by atoms with Gasteiger partial charge in [-0.05, 0) is 24.3 Å². The SMILES string of the molecule is O=C(c1ccccc1)N1CC(c2nc(-c3cccnc3)no2)C1. The first-order valence-electron chi connectivity index (χ1n) is 7.39. The van der Waals surface area contributed by atoms with Crippen LogP contribution in [-0.4, -0.2) is 39.0 Å². The molecule has 3 heterocycles. The molecule has 0 saturated carbocycles. The molecule has 1 aliphatic rings. The van der Waals surface area contributed by atoms with Crippen LogP contribution < -0.4 is 0 Å². The van der Waals surface area contributed by atoms with Crippen molar-refractivity contribution in [3.63, 3.8) is 0 Å². The molecule has 1 fully saturated rings. The molecule has 1 aromatic carbocycles. The third-order valence-corrected chi connectivity index (χ3v) is 3.90. The van der Waals surface area contributed by atoms with E-state index in [2.05, 4.69) is 15.1 Å². The Morgan fingerprint density at radius 1 is 1.13 bits per heavy atom. The van der Waals surface area contributed by atoms with E-state index in [-0.39, 0.29) is 11.8 Å². The third-order valence-electron chi connectivity index (χ3n) is 3.90. The molecule has 4 rings (SSSR count). The van der Waals surface area contributed by atoms with Crippen molar-refractivity contribution in [2.24, 2.45) is 0 Å². The van der Waals surface area contributed by atoms with Crippen molar-refractivity contribution in [1.82, 2.24) is 20.0 Å². The molecule has 2 aromatic heterocycles. The maximum atomic E-state index is 12.3. The highest BCUT2D eigenvalue weighted by atomic mass is 16.5. The Hall–Kier alpha value is -3.02. The summed E-state index contributed by atoms with van der Waals surface area (Å²) >= 11 is 0. The predicted molar refractivity (Wildman–Crippen MR) is 82.6 cm³/mol. The number of hydrogen-bond donors (Lipinski definition) is 0. The second kappa shape index (κ2) is 5.64. The van der Waals surface area contributed by atoms with Gasteiger partial charge >= 0.3 is 0 Å². The number of nitrogens with zero attached hydrogens (tertiary/aromatic N) is 4. The minimum absolute atomic E-state index is 0.0360. The minimum Gasteiger partial charge on any atom is -0.339 e. The number of benzene rings is 1. The van der Waals surface area contributed by atoms with E-state index in [0.717, 1.165) is 5.56 Å². The molecule has 0 atom stereocenters. The number of carbonyl (C=O) groups excluding carboxylic acids is 1. The fourth-order valence-electron chi connectivity index (χ4n) is 2.58. The fraction of sp³-hybridized carbons (Fsp3) is 0.176. The maximum Gasteiger partial charge on any atom is 0.253 e. The minimum atomic E-state index is 0.0360. The van der Waals surface area contributed by atoms with E-state index in [4.69, 9.17) is 4.52 Å². The molecule has 6 nitrogen and oxygen atoms in total. The van der Waals surface area contributed by atoms with E-state index in [1.54, 1.807) is 17.3 Å². The molecule has 114 valence electrons. The van der Waals surface area contributed by atoms with Gasteiger partial charge in [-0.15, -0.1) is 0 Å². The summed E-state index contributed by atoms with van der Waals surface area (Å²) < 4.78 is 5.33. The van der Waals surface area contributed by atoms with Gasteiger partial charge in [0.2, 0.25) is 11.7 Å². The lowest BCUT2D eigenvalue weighted by Crippen LogP contribution is -2.48. The van der Waals surface area contributed by atoms with Crippen LogP contribution in [0.3, 0.4) is 0 Å². The summed E-state index contributed by atoms with van der Waals surface area (Å²) in [6, 6.07) is 13.0. The van der Waals surface area contributed by atoms with E-state index < -0.39 is 0 Å². The average Bonchev–Trinajstić information content (AvgIpc) is 3.05. The largest absolute Gasteiger partial charge is 0.339 e. The van der Waals surface area contributed by atoms with Crippen molar-refractivity contribution >= 4 is 5.91 Å². The number of pyridine rings is 1. The highest BCUT2D eigenvalue weighted by molar-refractivity contribution is 5.94. The Labute approximate surface area is 132 Å². The van der Waals surface area contributed by atoms with Gasteiger partial charge in [-0.1, -0.05) is 23.4 Å². The fourth-order valence-corrected chi connectivity index (χ4v) is 2.58. The number of hydrogen-bond acceptors (Lipinski definition) is 5. The molecule has 0 bridgehead atoms. The van der Waals surface area contributed by atoms with Crippen LogP contribution in [0.25, 0.3) is 11.4 Å². The summed E-state index contributed by atoms with van der Waals surface area (Å²) in [5.74, 6) is 1.23. The lowest BCUT2D eigenvalue weighted by atomic mass is 9.99. The van der Waals surface area contributed by atoms with Gasteiger partial charge in [0.05, 0.1) is 5.92 Å².